The fourth-order valence-electron chi connectivity index (χ4n) is 4.25. The number of amides is 4. The zero-order chi connectivity index (χ0) is 25.1. The molecule has 0 saturated heterocycles. The van der Waals surface area contributed by atoms with Gasteiger partial charge in [-0.3, -0.25) is 14.0 Å². The Morgan fingerprint density at radius 2 is 1.89 bits per heavy atom. The number of hydrogen-bond acceptors (Lipinski definition) is 6. The molecule has 0 spiro atoms. The molecule has 0 bridgehead atoms. The Kier molecular flexibility index (Phi) is 6.77. The first-order chi connectivity index (χ1) is 17.5. The van der Waals surface area contributed by atoms with Crippen LogP contribution in [0.1, 0.15) is 24.1 Å². The van der Waals surface area contributed by atoms with Crippen molar-refractivity contribution in [2.75, 3.05) is 6.54 Å². The van der Waals surface area contributed by atoms with Gasteiger partial charge < -0.3 is 5.32 Å². The lowest BCUT2D eigenvalue weighted by atomic mass is 10.1. The van der Waals surface area contributed by atoms with E-state index in [9.17, 15) is 19.2 Å². The number of aromatic nitrogens is 2. The molecule has 1 N–H and O–H groups in total. The molecule has 2 aliphatic rings. The average molecular weight is 503 g/mol. The molecule has 9 nitrogen and oxygen atoms in total. The van der Waals surface area contributed by atoms with Gasteiger partial charge in [0.1, 0.15) is 17.9 Å². The molecule has 2 aliphatic heterocycles. The molecule has 5 rings (SSSR count). The van der Waals surface area contributed by atoms with Gasteiger partial charge in [-0.1, -0.05) is 36.4 Å². The van der Waals surface area contributed by atoms with Crippen LogP contribution in [0.3, 0.4) is 0 Å². The third-order valence-electron chi connectivity index (χ3n) is 6.05. The van der Waals surface area contributed by atoms with E-state index in [0.717, 1.165) is 5.56 Å². The monoisotopic (exact) mass is 502 g/mol. The number of benzene rings is 1. The lowest BCUT2D eigenvalue weighted by Gasteiger charge is -2.24. The summed E-state index contributed by atoms with van der Waals surface area (Å²) < 4.78 is 2.93. The third kappa shape index (κ3) is 4.85. The number of imide groups is 1. The number of carbonyl (C=O) groups excluding carboxylic acids is 3. The van der Waals surface area contributed by atoms with Crippen molar-refractivity contribution in [3.05, 3.63) is 93.9 Å². The molecule has 0 saturated carbocycles. The predicted molar refractivity (Wildman–Crippen MR) is 136 cm³/mol. The number of carbonyl (C=O) groups is 3. The summed E-state index contributed by atoms with van der Waals surface area (Å²) in [6.07, 6.45) is 3.94. The molecule has 1 unspecified atom stereocenters. The number of nitrogens with zero attached hydrogens (tertiary/aromatic N) is 4. The summed E-state index contributed by atoms with van der Waals surface area (Å²) >= 11 is 1.34. The van der Waals surface area contributed by atoms with E-state index in [1.807, 2.05) is 30.3 Å². The highest BCUT2D eigenvalue weighted by atomic mass is 32.2. The van der Waals surface area contributed by atoms with Crippen molar-refractivity contribution < 1.29 is 19.0 Å². The van der Waals surface area contributed by atoms with E-state index < -0.39 is 11.3 Å². The number of hydrogen-bond donors (Lipinski definition) is 1. The minimum atomic E-state index is -0.531. The second-order valence-electron chi connectivity index (χ2n) is 8.48. The van der Waals surface area contributed by atoms with Gasteiger partial charge in [0, 0.05) is 25.2 Å². The van der Waals surface area contributed by atoms with Gasteiger partial charge in [-0.25, -0.2) is 9.78 Å². The molecule has 0 aliphatic carbocycles. The molecule has 3 aromatic rings. The van der Waals surface area contributed by atoms with Gasteiger partial charge in [0.25, 0.3) is 5.56 Å². The van der Waals surface area contributed by atoms with Crippen LogP contribution in [0, 0.1) is 0 Å². The lowest BCUT2D eigenvalue weighted by Crippen LogP contribution is -2.55. The third-order valence-corrected chi connectivity index (χ3v) is 7.06. The highest BCUT2D eigenvalue weighted by Crippen LogP contribution is 2.28. The van der Waals surface area contributed by atoms with Crippen LogP contribution in [0.4, 0.5) is 4.79 Å². The summed E-state index contributed by atoms with van der Waals surface area (Å²) in [5.41, 5.74) is 2.26. The van der Waals surface area contributed by atoms with Gasteiger partial charge in [-0.05, 0) is 35.6 Å². The van der Waals surface area contributed by atoms with Crippen molar-refractivity contribution in [1.82, 2.24) is 19.6 Å². The molecule has 36 heavy (non-hydrogen) atoms. The Morgan fingerprint density at radius 1 is 1.08 bits per heavy atom. The van der Waals surface area contributed by atoms with Crippen LogP contribution in [-0.4, -0.2) is 54.2 Å². The average Bonchev–Trinajstić information content (AvgIpc) is 3.38. The van der Waals surface area contributed by atoms with Crippen LogP contribution in [0.5, 0.6) is 0 Å². The van der Waals surface area contributed by atoms with Crippen LogP contribution in [0.25, 0.3) is 5.65 Å². The fourth-order valence-corrected chi connectivity index (χ4v) is 5.21. The van der Waals surface area contributed by atoms with E-state index in [-0.39, 0.29) is 36.9 Å². The summed E-state index contributed by atoms with van der Waals surface area (Å²) in [6, 6.07) is 15.8. The number of pyridine rings is 1. The maximum absolute atomic E-state index is 13.4. The van der Waals surface area contributed by atoms with Crippen LogP contribution < -0.4 is 10.9 Å². The first-order valence-corrected chi connectivity index (χ1v) is 12.6. The molecular formula is C26H24N5O4S+. The quantitative estimate of drug-likeness (QED) is 0.474. The number of rotatable bonds is 8. The maximum atomic E-state index is 13.4. The Labute approximate surface area is 211 Å². The van der Waals surface area contributed by atoms with Crippen molar-refractivity contribution in [3.63, 3.8) is 0 Å². The Hall–Kier alpha value is -4.05. The van der Waals surface area contributed by atoms with Gasteiger partial charge in [0.05, 0.1) is 12.2 Å². The molecule has 4 heterocycles. The second-order valence-corrected chi connectivity index (χ2v) is 9.50. The SMILES string of the molecule is O=C(CCCN1C(=O)C2SC=CC2=[N+](Cc2cc(=O)n3ccccc3n2)C1=O)NCc1ccccc1. The molecule has 2 aromatic heterocycles. The van der Waals surface area contributed by atoms with Crippen molar-refractivity contribution in [2.45, 2.75) is 31.2 Å². The summed E-state index contributed by atoms with van der Waals surface area (Å²) in [6.45, 7) is 0.624. The van der Waals surface area contributed by atoms with Gasteiger partial charge in [-0.15, -0.1) is 11.8 Å². The van der Waals surface area contributed by atoms with Crippen molar-refractivity contribution in [1.29, 1.82) is 0 Å². The second kappa shape index (κ2) is 10.3. The Bertz CT molecular complexity index is 1460. The standard InChI is InChI=1S/C26H23N5O4S/c32-22(27-16-18-7-2-1-3-8-18)10-6-13-30-25(34)24-20(11-14-36-24)31(26(30)35)17-19-15-23(33)29-12-5-4-9-21(29)28-19/h1-5,7-9,11-12,14-15,24H,6,10,13,16-17H2/p+1. The van der Waals surface area contributed by atoms with Gasteiger partial charge in [0.15, 0.2) is 5.25 Å². The zero-order valence-electron chi connectivity index (χ0n) is 19.4. The fraction of sp³-hybridized carbons (Fsp3) is 0.231. The highest BCUT2D eigenvalue weighted by Gasteiger charge is 2.48. The number of thioether (sulfide) groups is 1. The van der Waals surface area contributed by atoms with Crippen LogP contribution in [0.15, 0.2) is 77.1 Å². The van der Waals surface area contributed by atoms with Crippen LogP contribution in [0.2, 0.25) is 0 Å². The molecule has 1 aromatic carbocycles. The van der Waals surface area contributed by atoms with E-state index in [4.69, 9.17) is 0 Å². The van der Waals surface area contributed by atoms with Crippen LogP contribution in [-0.2, 0) is 22.7 Å². The lowest BCUT2D eigenvalue weighted by molar-refractivity contribution is -0.455. The molecule has 4 amide bonds. The predicted octanol–water partition coefficient (Wildman–Crippen LogP) is 2.34. The first kappa shape index (κ1) is 23.7. The van der Waals surface area contributed by atoms with Crippen molar-refractivity contribution in [2.24, 2.45) is 0 Å². The van der Waals surface area contributed by atoms with E-state index in [0.29, 0.717) is 30.0 Å². The van der Waals surface area contributed by atoms with E-state index in [2.05, 4.69) is 10.3 Å². The first-order valence-electron chi connectivity index (χ1n) is 11.6. The molecule has 0 fully saturated rings. The topological polar surface area (TPSA) is 104 Å². The molecular weight excluding hydrogens is 478 g/mol. The number of nitrogens with one attached hydrogen (secondary N) is 1. The molecule has 1 atom stereocenters. The Balaban J connectivity index is 1.28. The number of fused-ring (bicyclic) bond motifs is 2. The van der Waals surface area contributed by atoms with Crippen molar-refractivity contribution in [3.8, 4) is 0 Å². The summed E-state index contributed by atoms with van der Waals surface area (Å²) in [7, 11) is 0. The van der Waals surface area contributed by atoms with E-state index in [1.165, 1.54) is 31.7 Å². The number of allylic oxidation sites excluding steroid dienone is 1. The zero-order valence-corrected chi connectivity index (χ0v) is 20.2. The van der Waals surface area contributed by atoms with Gasteiger partial charge in [-0.2, -0.15) is 14.3 Å². The van der Waals surface area contributed by atoms with E-state index in [1.54, 1.807) is 35.9 Å². The van der Waals surface area contributed by atoms with Crippen LogP contribution >= 0.6 is 11.8 Å². The van der Waals surface area contributed by atoms with Crippen molar-refractivity contribution >= 4 is 41.0 Å². The highest BCUT2D eigenvalue weighted by molar-refractivity contribution is 8.04. The Morgan fingerprint density at radius 3 is 2.72 bits per heavy atom. The molecule has 182 valence electrons. The summed E-state index contributed by atoms with van der Waals surface area (Å²) in [5.74, 6) is -0.435. The van der Waals surface area contributed by atoms with Gasteiger partial charge >= 0.3 is 11.9 Å². The molecule has 10 heteroatoms. The summed E-state index contributed by atoms with van der Waals surface area (Å²) in [4.78, 5) is 56.9. The van der Waals surface area contributed by atoms with E-state index >= 15 is 0 Å². The van der Waals surface area contributed by atoms with Gasteiger partial charge in [0.2, 0.25) is 5.91 Å². The largest absolute Gasteiger partial charge is 0.501 e. The minimum absolute atomic E-state index is 0.0670. The summed E-state index contributed by atoms with van der Waals surface area (Å²) in [5, 5.41) is 4.12. The number of urea groups is 1. The maximum Gasteiger partial charge on any atom is 0.501 e. The molecule has 0 radical (unpaired) electrons. The smallest absolute Gasteiger partial charge is 0.352 e. The minimum Gasteiger partial charge on any atom is -0.352 e. The normalized spacial score (nSPS) is 17.1.